The van der Waals surface area contributed by atoms with Gasteiger partial charge in [0.15, 0.2) is 0 Å². The predicted molar refractivity (Wildman–Crippen MR) is 76.0 cm³/mol. The molecule has 116 valence electrons. The van der Waals surface area contributed by atoms with Crippen molar-refractivity contribution < 1.29 is 24.2 Å². The minimum Gasteiger partial charge on any atom is -0.480 e. The Kier molecular flexibility index (Phi) is 6.08. The number of amides is 1. The maximum absolute atomic E-state index is 12.0. The highest BCUT2D eigenvalue weighted by molar-refractivity contribution is 5.96. The fraction of sp³-hybridized carbons (Fsp3) is 0.333. The number of carboxylic acids is 1. The van der Waals surface area contributed by atoms with Crippen molar-refractivity contribution in [2.45, 2.75) is 26.3 Å². The van der Waals surface area contributed by atoms with E-state index in [0.717, 1.165) is 0 Å². The van der Waals surface area contributed by atoms with Crippen LogP contribution in [0, 0.1) is 17.2 Å². The molecule has 0 aliphatic carbocycles. The highest BCUT2D eigenvalue weighted by Crippen LogP contribution is 2.13. The van der Waals surface area contributed by atoms with E-state index in [1.807, 2.05) is 6.07 Å². The number of esters is 1. The zero-order chi connectivity index (χ0) is 16.7. The largest absolute Gasteiger partial charge is 0.480 e. The maximum atomic E-state index is 12.0. The third kappa shape index (κ3) is 5.25. The van der Waals surface area contributed by atoms with Crippen LogP contribution < -0.4 is 10.1 Å². The third-order valence-corrected chi connectivity index (χ3v) is 2.79. The molecule has 0 heterocycles. The summed E-state index contributed by atoms with van der Waals surface area (Å²) in [4.78, 5) is 33.9. The van der Waals surface area contributed by atoms with Crippen molar-refractivity contribution in [3.05, 3.63) is 29.8 Å². The van der Waals surface area contributed by atoms with E-state index >= 15 is 0 Å². The van der Waals surface area contributed by atoms with Gasteiger partial charge in [-0.3, -0.25) is 9.59 Å². The second-order valence-corrected chi connectivity index (χ2v) is 4.75. The number of ether oxygens (including phenoxy) is 1. The molecular weight excluding hydrogens is 288 g/mol. The molecule has 0 radical (unpaired) electrons. The van der Waals surface area contributed by atoms with E-state index in [0.29, 0.717) is 0 Å². The summed E-state index contributed by atoms with van der Waals surface area (Å²) in [5.41, 5.74) is 0.228. The van der Waals surface area contributed by atoms with Crippen molar-refractivity contribution in [2.24, 2.45) is 5.92 Å². The molecule has 0 unspecified atom stereocenters. The topological polar surface area (TPSA) is 116 Å². The third-order valence-electron chi connectivity index (χ3n) is 2.79. The Bertz CT molecular complexity index is 603. The van der Waals surface area contributed by atoms with Gasteiger partial charge in [0.2, 0.25) is 0 Å². The highest BCUT2D eigenvalue weighted by atomic mass is 16.5. The standard InChI is InChI=1S/C15H16N2O5/c1-9(8-16)7-13(15(20)21)17-14(19)11-3-5-12(6-4-11)22-10(2)18/h3-6,9,13H,7H2,1-2H3,(H,17,19)(H,20,21)/t9-,13+/m0/s1. The summed E-state index contributed by atoms with van der Waals surface area (Å²) in [7, 11) is 0. The lowest BCUT2D eigenvalue weighted by molar-refractivity contribution is -0.139. The van der Waals surface area contributed by atoms with Crippen molar-refractivity contribution in [1.29, 1.82) is 5.26 Å². The van der Waals surface area contributed by atoms with E-state index in [1.54, 1.807) is 6.92 Å². The molecule has 0 aliphatic heterocycles. The van der Waals surface area contributed by atoms with Crippen LogP contribution in [0.1, 0.15) is 30.6 Å². The minimum absolute atomic E-state index is 0.0170. The Morgan fingerprint density at radius 3 is 2.36 bits per heavy atom. The number of nitrogens with one attached hydrogen (secondary N) is 1. The smallest absolute Gasteiger partial charge is 0.326 e. The van der Waals surface area contributed by atoms with Gasteiger partial charge in [-0.25, -0.2) is 4.79 Å². The SMILES string of the molecule is CC(=O)Oc1ccc(C(=O)N[C@H](C[C@H](C)C#N)C(=O)O)cc1. The lowest BCUT2D eigenvalue weighted by atomic mass is 10.0. The van der Waals surface area contributed by atoms with Crippen LogP contribution in [0.2, 0.25) is 0 Å². The van der Waals surface area contributed by atoms with Crippen LogP contribution in [0.15, 0.2) is 24.3 Å². The van der Waals surface area contributed by atoms with E-state index in [4.69, 9.17) is 15.1 Å². The Morgan fingerprint density at radius 2 is 1.91 bits per heavy atom. The van der Waals surface area contributed by atoms with Crippen LogP contribution in [-0.4, -0.2) is 29.0 Å². The molecule has 1 amide bonds. The number of nitrogens with zero attached hydrogens (tertiary/aromatic N) is 1. The number of nitriles is 1. The number of hydrogen-bond donors (Lipinski definition) is 2. The summed E-state index contributed by atoms with van der Waals surface area (Å²) in [6.07, 6.45) is 0.0170. The van der Waals surface area contributed by atoms with E-state index < -0.39 is 29.8 Å². The molecule has 0 aliphatic rings. The van der Waals surface area contributed by atoms with Gasteiger partial charge < -0.3 is 15.2 Å². The fourth-order valence-corrected chi connectivity index (χ4v) is 1.71. The summed E-state index contributed by atoms with van der Waals surface area (Å²) in [6.45, 7) is 2.84. The first-order chi connectivity index (χ1) is 10.3. The van der Waals surface area contributed by atoms with Gasteiger partial charge in [0.25, 0.3) is 5.91 Å². The van der Waals surface area contributed by atoms with Crippen molar-refractivity contribution >= 4 is 17.8 Å². The first kappa shape index (κ1) is 17.2. The Labute approximate surface area is 127 Å². The number of carboxylic acid groups (broad SMARTS) is 1. The molecule has 2 N–H and O–H groups in total. The fourth-order valence-electron chi connectivity index (χ4n) is 1.71. The van der Waals surface area contributed by atoms with Crippen LogP contribution in [0.5, 0.6) is 5.75 Å². The Balaban J connectivity index is 2.75. The average Bonchev–Trinajstić information content (AvgIpc) is 2.46. The van der Waals surface area contributed by atoms with Gasteiger partial charge in [-0.2, -0.15) is 5.26 Å². The molecule has 1 rings (SSSR count). The Hall–Kier alpha value is -2.88. The summed E-state index contributed by atoms with van der Waals surface area (Å²) in [5, 5.41) is 20.2. The average molecular weight is 304 g/mol. The second kappa shape index (κ2) is 7.78. The van der Waals surface area contributed by atoms with E-state index in [2.05, 4.69) is 5.32 Å². The molecule has 22 heavy (non-hydrogen) atoms. The normalized spacial score (nSPS) is 12.6. The lowest BCUT2D eigenvalue weighted by Gasteiger charge is -2.15. The van der Waals surface area contributed by atoms with E-state index in [9.17, 15) is 14.4 Å². The number of carbonyl (C=O) groups excluding carboxylic acids is 2. The summed E-state index contributed by atoms with van der Waals surface area (Å²) >= 11 is 0. The first-order valence-corrected chi connectivity index (χ1v) is 6.55. The predicted octanol–water partition coefficient (Wildman–Crippen LogP) is 1.34. The van der Waals surface area contributed by atoms with Crippen LogP contribution in [-0.2, 0) is 9.59 Å². The molecule has 2 atom stereocenters. The molecule has 0 aromatic heterocycles. The van der Waals surface area contributed by atoms with E-state index in [-0.39, 0.29) is 17.7 Å². The van der Waals surface area contributed by atoms with Gasteiger partial charge >= 0.3 is 11.9 Å². The number of benzene rings is 1. The van der Waals surface area contributed by atoms with Crippen LogP contribution >= 0.6 is 0 Å². The maximum Gasteiger partial charge on any atom is 0.326 e. The Morgan fingerprint density at radius 1 is 1.32 bits per heavy atom. The zero-order valence-corrected chi connectivity index (χ0v) is 12.2. The van der Waals surface area contributed by atoms with Crippen molar-refractivity contribution in [3.63, 3.8) is 0 Å². The number of aliphatic carboxylic acids is 1. The summed E-state index contributed by atoms with van der Waals surface area (Å²) in [5.74, 6) is -2.46. The molecule has 7 heteroatoms. The monoisotopic (exact) mass is 304 g/mol. The van der Waals surface area contributed by atoms with Crippen LogP contribution in [0.25, 0.3) is 0 Å². The summed E-state index contributed by atoms with van der Waals surface area (Å²) < 4.78 is 4.83. The number of hydrogen-bond acceptors (Lipinski definition) is 5. The molecule has 1 aromatic rings. The van der Waals surface area contributed by atoms with E-state index in [1.165, 1.54) is 31.2 Å². The van der Waals surface area contributed by atoms with Gasteiger partial charge in [-0.1, -0.05) is 0 Å². The van der Waals surface area contributed by atoms with Gasteiger partial charge in [0.05, 0.1) is 6.07 Å². The van der Waals surface area contributed by atoms with Gasteiger partial charge in [-0.15, -0.1) is 0 Å². The molecule has 0 saturated heterocycles. The van der Waals surface area contributed by atoms with Crippen LogP contribution in [0.3, 0.4) is 0 Å². The van der Waals surface area contributed by atoms with Crippen molar-refractivity contribution in [3.8, 4) is 11.8 Å². The zero-order valence-electron chi connectivity index (χ0n) is 12.2. The van der Waals surface area contributed by atoms with Gasteiger partial charge in [0.1, 0.15) is 11.8 Å². The summed E-state index contributed by atoms with van der Waals surface area (Å²) in [6, 6.07) is 6.49. The highest BCUT2D eigenvalue weighted by Gasteiger charge is 2.23. The van der Waals surface area contributed by atoms with Crippen molar-refractivity contribution in [2.75, 3.05) is 0 Å². The molecule has 7 nitrogen and oxygen atoms in total. The lowest BCUT2D eigenvalue weighted by Crippen LogP contribution is -2.41. The van der Waals surface area contributed by atoms with Gasteiger partial charge in [-0.05, 0) is 37.6 Å². The minimum atomic E-state index is -1.20. The molecule has 0 fully saturated rings. The van der Waals surface area contributed by atoms with Crippen LogP contribution in [0.4, 0.5) is 0 Å². The quantitative estimate of drug-likeness (QED) is 0.605. The molecule has 0 bridgehead atoms. The van der Waals surface area contributed by atoms with Crippen molar-refractivity contribution in [1.82, 2.24) is 5.32 Å². The van der Waals surface area contributed by atoms with Gasteiger partial charge in [0, 0.05) is 18.4 Å². The number of rotatable bonds is 6. The molecular formula is C15H16N2O5. The molecule has 0 saturated carbocycles. The second-order valence-electron chi connectivity index (χ2n) is 4.75. The molecule has 1 aromatic carbocycles. The molecule has 0 spiro atoms. The number of carbonyl (C=O) groups is 3. The first-order valence-electron chi connectivity index (χ1n) is 6.55.